The monoisotopic (exact) mass is 535 g/mol. The molecule has 11 heteroatoms. The van der Waals surface area contributed by atoms with E-state index < -0.39 is 39.3 Å². The molecular weight excluding hydrogens is 504 g/mol. The highest BCUT2D eigenvalue weighted by Gasteiger charge is 2.50. The van der Waals surface area contributed by atoms with Gasteiger partial charge in [0.2, 0.25) is 5.91 Å². The van der Waals surface area contributed by atoms with Crippen LogP contribution in [0.25, 0.3) is 0 Å². The summed E-state index contributed by atoms with van der Waals surface area (Å²) in [4.78, 5) is 27.4. The van der Waals surface area contributed by atoms with Gasteiger partial charge >= 0.3 is 0 Å². The standard InChI is InChI=1S/C26H31F2N3O5S/c1-26(16-22(26)18-2-6-20(27)7-3-18)29-10-15-37(34,35)17-23(25(33)31-11-13-36-14-12-31)30-24(32)19-4-8-21(28)9-5-19/h2-9,22-23,29H,10-17H2,1H3,(H,30,32). The summed E-state index contributed by atoms with van der Waals surface area (Å²) in [6.45, 7) is 3.41. The van der Waals surface area contributed by atoms with Gasteiger partial charge in [-0.05, 0) is 55.3 Å². The predicted octanol–water partition coefficient (Wildman–Crippen LogP) is 1.87. The number of morpholine rings is 1. The average Bonchev–Trinajstić information content (AvgIpc) is 3.55. The minimum absolute atomic E-state index is 0.119. The largest absolute Gasteiger partial charge is 0.378 e. The van der Waals surface area contributed by atoms with Crippen LogP contribution < -0.4 is 10.6 Å². The van der Waals surface area contributed by atoms with Gasteiger partial charge in [-0.25, -0.2) is 17.2 Å². The molecule has 1 aliphatic carbocycles. The van der Waals surface area contributed by atoms with Gasteiger partial charge in [-0.15, -0.1) is 0 Å². The zero-order chi connectivity index (χ0) is 26.6. The highest BCUT2D eigenvalue weighted by molar-refractivity contribution is 7.91. The van der Waals surface area contributed by atoms with Crippen LogP contribution in [0.3, 0.4) is 0 Å². The predicted molar refractivity (Wildman–Crippen MR) is 134 cm³/mol. The van der Waals surface area contributed by atoms with Crippen LogP contribution in [0.1, 0.15) is 35.2 Å². The minimum atomic E-state index is -3.75. The summed E-state index contributed by atoms with van der Waals surface area (Å²) < 4.78 is 57.7. The Bertz CT molecular complexity index is 1220. The van der Waals surface area contributed by atoms with Crippen molar-refractivity contribution in [2.45, 2.75) is 30.8 Å². The molecule has 3 atom stereocenters. The molecule has 1 aliphatic heterocycles. The van der Waals surface area contributed by atoms with Crippen LogP contribution in [0.15, 0.2) is 48.5 Å². The molecule has 2 aliphatic rings. The highest BCUT2D eigenvalue weighted by Crippen LogP contribution is 2.50. The van der Waals surface area contributed by atoms with E-state index in [2.05, 4.69) is 10.6 Å². The summed E-state index contributed by atoms with van der Waals surface area (Å²) in [5, 5.41) is 5.82. The lowest BCUT2D eigenvalue weighted by Crippen LogP contribution is -2.54. The molecular formula is C26H31F2N3O5S. The van der Waals surface area contributed by atoms with Gasteiger partial charge in [0, 0.05) is 36.7 Å². The lowest BCUT2D eigenvalue weighted by Gasteiger charge is -2.30. The average molecular weight is 536 g/mol. The summed E-state index contributed by atoms with van der Waals surface area (Å²) in [7, 11) is -3.75. The molecule has 2 aromatic carbocycles. The van der Waals surface area contributed by atoms with E-state index in [1.807, 2.05) is 6.92 Å². The third kappa shape index (κ3) is 7.12. The maximum absolute atomic E-state index is 13.2. The van der Waals surface area contributed by atoms with Gasteiger partial charge in [-0.1, -0.05) is 12.1 Å². The summed E-state index contributed by atoms with van der Waals surface area (Å²) in [6, 6.07) is 9.77. The molecule has 2 amide bonds. The van der Waals surface area contributed by atoms with Crippen LogP contribution in [0.4, 0.5) is 8.78 Å². The Morgan fingerprint density at radius 2 is 1.65 bits per heavy atom. The fourth-order valence-electron chi connectivity index (χ4n) is 4.59. The van der Waals surface area contributed by atoms with Crippen molar-refractivity contribution in [3.05, 3.63) is 71.3 Å². The quantitative estimate of drug-likeness (QED) is 0.482. The molecule has 8 nitrogen and oxygen atoms in total. The van der Waals surface area contributed by atoms with Crippen LogP contribution in [0.2, 0.25) is 0 Å². The molecule has 3 unspecified atom stereocenters. The van der Waals surface area contributed by atoms with E-state index in [0.717, 1.165) is 24.1 Å². The van der Waals surface area contributed by atoms with Gasteiger partial charge < -0.3 is 20.3 Å². The van der Waals surface area contributed by atoms with E-state index in [-0.39, 0.29) is 35.1 Å². The highest BCUT2D eigenvalue weighted by atomic mass is 32.2. The normalized spacial score (nSPS) is 22.4. The topological polar surface area (TPSA) is 105 Å². The lowest BCUT2D eigenvalue weighted by molar-refractivity contribution is -0.136. The van der Waals surface area contributed by atoms with Crippen molar-refractivity contribution in [3.63, 3.8) is 0 Å². The maximum Gasteiger partial charge on any atom is 0.251 e. The first kappa shape index (κ1) is 27.2. The molecule has 4 rings (SSSR count). The Labute approximate surface area is 215 Å². The molecule has 0 spiro atoms. The van der Waals surface area contributed by atoms with Gasteiger partial charge in [-0.2, -0.15) is 0 Å². The Balaban J connectivity index is 1.37. The number of nitrogens with one attached hydrogen (secondary N) is 2. The van der Waals surface area contributed by atoms with Gasteiger partial charge in [0.15, 0.2) is 9.84 Å². The number of hydrogen-bond donors (Lipinski definition) is 2. The Hall–Kier alpha value is -2.89. The fourth-order valence-corrected chi connectivity index (χ4v) is 5.91. The second kappa shape index (κ2) is 11.2. The van der Waals surface area contributed by atoms with Crippen LogP contribution >= 0.6 is 0 Å². The van der Waals surface area contributed by atoms with Crippen molar-refractivity contribution in [3.8, 4) is 0 Å². The van der Waals surface area contributed by atoms with Crippen LogP contribution in [0.5, 0.6) is 0 Å². The van der Waals surface area contributed by atoms with E-state index in [4.69, 9.17) is 4.74 Å². The molecule has 2 N–H and O–H groups in total. The van der Waals surface area contributed by atoms with Crippen molar-refractivity contribution >= 4 is 21.7 Å². The fraction of sp³-hybridized carbons (Fsp3) is 0.462. The van der Waals surface area contributed by atoms with E-state index >= 15 is 0 Å². The lowest BCUT2D eigenvalue weighted by atomic mass is 10.1. The number of amides is 2. The van der Waals surface area contributed by atoms with Crippen LogP contribution in [-0.4, -0.2) is 81.1 Å². The third-order valence-corrected chi connectivity index (χ3v) is 8.57. The number of hydrogen-bond acceptors (Lipinski definition) is 6. The zero-order valence-corrected chi connectivity index (χ0v) is 21.4. The maximum atomic E-state index is 13.2. The molecule has 0 radical (unpaired) electrons. The number of sulfone groups is 1. The van der Waals surface area contributed by atoms with E-state index in [1.165, 1.54) is 29.2 Å². The first-order chi connectivity index (χ1) is 17.6. The molecule has 37 heavy (non-hydrogen) atoms. The van der Waals surface area contributed by atoms with E-state index in [1.54, 1.807) is 12.1 Å². The van der Waals surface area contributed by atoms with E-state index in [9.17, 15) is 26.8 Å². The van der Waals surface area contributed by atoms with Gasteiger partial charge in [0.25, 0.3) is 5.91 Å². The van der Waals surface area contributed by atoms with Crippen molar-refractivity contribution in [1.82, 2.24) is 15.5 Å². The number of carbonyl (C=O) groups excluding carboxylic acids is 2. The summed E-state index contributed by atoms with van der Waals surface area (Å²) >= 11 is 0. The Morgan fingerprint density at radius 3 is 2.27 bits per heavy atom. The molecule has 2 fully saturated rings. The molecule has 1 heterocycles. The zero-order valence-electron chi connectivity index (χ0n) is 20.6. The van der Waals surface area contributed by atoms with E-state index in [0.29, 0.717) is 26.3 Å². The van der Waals surface area contributed by atoms with Gasteiger partial charge in [0.1, 0.15) is 17.7 Å². The van der Waals surface area contributed by atoms with Gasteiger partial charge in [-0.3, -0.25) is 9.59 Å². The second-order valence-corrected chi connectivity index (χ2v) is 12.0. The first-order valence-corrected chi connectivity index (χ1v) is 14.0. The number of ether oxygens (including phenoxy) is 1. The molecule has 2 aromatic rings. The summed E-state index contributed by atoms with van der Waals surface area (Å²) in [5.74, 6) is -2.61. The first-order valence-electron chi connectivity index (χ1n) is 12.2. The molecule has 200 valence electrons. The summed E-state index contributed by atoms with van der Waals surface area (Å²) in [6.07, 6.45) is 0.796. The second-order valence-electron chi connectivity index (χ2n) is 9.74. The van der Waals surface area contributed by atoms with Crippen molar-refractivity contribution in [2.75, 3.05) is 44.4 Å². The molecule has 1 saturated carbocycles. The molecule has 1 saturated heterocycles. The molecule has 0 aromatic heterocycles. The Kier molecular flexibility index (Phi) is 8.25. The van der Waals surface area contributed by atoms with Crippen molar-refractivity contribution in [2.24, 2.45) is 0 Å². The number of nitrogens with zero attached hydrogens (tertiary/aromatic N) is 1. The third-order valence-electron chi connectivity index (χ3n) is 6.90. The minimum Gasteiger partial charge on any atom is -0.378 e. The van der Waals surface area contributed by atoms with Crippen molar-refractivity contribution in [1.29, 1.82) is 0 Å². The van der Waals surface area contributed by atoms with Crippen LogP contribution in [0, 0.1) is 11.6 Å². The van der Waals surface area contributed by atoms with Crippen LogP contribution in [-0.2, 0) is 19.4 Å². The summed E-state index contributed by atoms with van der Waals surface area (Å²) in [5.41, 5.74) is 0.806. The SMILES string of the molecule is CC1(NCCS(=O)(=O)CC(NC(=O)c2ccc(F)cc2)C(=O)N2CCOCC2)CC1c1ccc(F)cc1. The number of halogens is 2. The number of carbonyl (C=O) groups is 2. The molecule has 0 bridgehead atoms. The number of rotatable bonds is 10. The van der Waals surface area contributed by atoms with Crippen molar-refractivity contribution < 1.29 is 31.5 Å². The van der Waals surface area contributed by atoms with Gasteiger partial charge in [0.05, 0.1) is 24.7 Å². The number of benzene rings is 2. The smallest absolute Gasteiger partial charge is 0.251 e. The Morgan fingerprint density at radius 1 is 1.05 bits per heavy atom.